The Labute approximate surface area is 98.6 Å². The van der Waals surface area contributed by atoms with Crippen LogP contribution in [0, 0.1) is 0 Å². The average Bonchev–Trinajstić information content (AvgIpc) is 2.36. The van der Waals surface area contributed by atoms with Gasteiger partial charge in [0.15, 0.2) is 11.5 Å². The Morgan fingerprint density at radius 1 is 1.00 bits per heavy atom. The summed E-state index contributed by atoms with van der Waals surface area (Å²) in [6, 6.07) is 3.30. The highest BCUT2D eigenvalue weighted by molar-refractivity contribution is 5.91. The summed E-state index contributed by atoms with van der Waals surface area (Å²) in [5.41, 5.74) is 0.664. The van der Waals surface area contributed by atoms with Gasteiger partial charge < -0.3 is 19.3 Å². The van der Waals surface area contributed by atoms with Crippen LogP contribution in [0.1, 0.15) is 0 Å². The molecule has 17 heavy (non-hydrogen) atoms. The van der Waals surface area contributed by atoms with Crippen LogP contribution in [0.15, 0.2) is 18.3 Å². The molecule has 0 atom stereocenters. The Hall–Kier alpha value is -2.17. The molecule has 0 bridgehead atoms. The zero-order chi connectivity index (χ0) is 12.4. The van der Waals surface area contributed by atoms with Crippen LogP contribution in [0.2, 0.25) is 0 Å². The monoisotopic (exact) mass is 235 g/mol. The van der Waals surface area contributed by atoms with Crippen LogP contribution in [0.5, 0.6) is 23.0 Å². The topological polar surface area (TPSA) is 60.8 Å². The SMILES string of the molecule is COc1cc2ncc(O)cc2c(OC)c1OC. The van der Waals surface area contributed by atoms with Crippen LogP contribution in [-0.4, -0.2) is 31.4 Å². The molecule has 0 aliphatic rings. The summed E-state index contributed by atoms with van der Waals surface area (Å²) in [4.78, 5) is 4.11. The van der Waals surface area contributed by atoms with Crippen molar-refractivity contribution in [1.29, 1.82) is 0 Å². The summed E-state index contributed by atoms with van der Waals surface area (Å²) >= 11 is 0. The van der Waals surface area contributed by atoms with E-state index >= 15 is 0 Å². The maximum absolute atomic E-state index is 9.45. The molecule has 0 aliphatic carbocycles. The lowest BCUT2D eigenvalue weighted by Crippen LogP contribution is -1.96. The van der Waals surface area contributed by atoms with E-state index in [2.05, 4.69) is 4.98 Å². The van der Waals surface area contributed by atoms with Crippen molar-refractivity contribution in [3.05, 3.63) is 18.3 Å². The third kappa shape index (κ3) is 1.80. The van der Waals surface area contributed by atoms with Gasteiger partial charge in [0.25, 0.3) is 0 Å². The molecular formula is C12H13NO4. The molecule has 0 amide bonds. The lowest BCUT2D eigenvalue weighted by atomic mass is 10.1. The highest BCUT2D eigenvalue weighted by atomic mass is 16.5. The number of aromatic nitrogens is 1. The highest BCUT2D eigenvalue weighted by Crippen LogP contribution is 2.43. The predicted molar refractivity (Wildman–Crippen MR) is 63.1 cm³/mol. The quantitative estimate of drug-likeness (QED) is 0.881. The molecule has 5 heteroatoms. The summed E-state index contributed by atoms with van der Waals surface area (Å²) in [5.74, 6) is 1.58. The van der Waals surface area contributed by atoms with Gasteiger partial charge in [-0.2, -0.15) is 0 Å². The number of methoxy groups -OCH3 is 3. The van der Waals surface area contributed by atoms with Gasteiger partial charge in [0.1, 0.15) is 5.75 Å². The van der Waals surface area contributed by atoms with Gasteiger partial charge in [0.05, 0.1) is 38.4 Å². The number of hydrogen-bond donors (Lipinski definition) is 1. The summed E-state index contributed by atoms with van der Waals surface area (Å²) < 4.78 is 15.7. The number of pyridine rings is 1. The molecule has 1 N–H and O–H groups in total. The lowest BCUT2D eigenvalue weighted by molar-refractivity contribution is 0.327. The predicted octanol–water partition coefficient (Wildman–Crippen LogP) is 1.97. The van der Waals surface area contributed by atoms with Gasteiger partial charge in [0, 0.05) is 6.07 Å². The number of benzene rings is 1. The highest BCUT2D eigenvalue weighted by Gasteiger charge is 2.16. The zero-order valence-corrected chi connectivity index (χ0v) is 9.85. The molecule has 2 rings (SSSR count). The fourth-order valence-electron chi connectivity index (χ4n) is 1.73. The summed E-state index contributed by atoms with van der Waals surface area (Å²) in [7, 11) is 4.60. The first-order valence-electron chi connectivity index (χ1n) is 4.99. The summed E-state index contributed by atoms with van der Waals surface area (Å²) in [5, 5.41) is 10.1. The van der Waals surface area contributed by atoms with E-state index in [0.717, 1.165) is 0 Å². The van der Waals surface area contributed by atoms with Gasteiger partial charge in [-0.3, -0.25) is 4.98 Å². The van der Waals surface area contributed by atoms with Gasteiger partial charge in [-0.15, -0.1) is 0 Å². The number of fused-ring (bicyclic) bond motifs is 1. The Morgan fingerprint density at radius 2 is 1.71 bits per heavy atom. The van der Waals surface area contributed by atoms with Gasteiger partial charge in [-0.05, 0) is 6.07 Å². The Bertz CT molecular complexity index is 554. The zero-order valence-electron chi connectivity index (χ0n) is 9.85. The van der Waals surface area contributed by atoms with Crippen molar-refractivity contribution in [2.45, 2.75) is 0 Å². The van der Waals surface area contributed by atoms with Crippen molar-refractivity contribution in [2.24, 2.45) is 0 Å². The van der Waals surface area contributed by atoms with Gasteiger partial charge in [0.2, 0.25) is 5.75 Å². The molecule has 0 spiro atoms. The normalized spacial score (nSPS) is 10.3. The van der Waals surface area contributed by atoms with Gasteiger partial charge in [-0.25, -0.2) is 0 Å². The largest absolute Gasteiger partial charge is 0.506 e. The smallest absolute Gasteiger partial charge is 0.204 e. The van der Waals surface area contributed by atoms with E-state index in [4.69, 9.17) is 14.2 Å². The van der Waals surface area contributed by atoms with E-state index in [1.807, 2.05) is 0 Å². The summed E-state index contributed by atoms with van der Waals surface area (Å²) in [6.07, 6.45) is 1.37. The fourth-order valence-corrected chi connectivity index (χ4v) is 1.73. The molecule has 0 fully saturated rings. The van der Waals surface area contributed by atoms with Crippen LogP contribution in [0.4, 0.5) is 0 Å². The number of aromatic hydroxyl groups is 1. The fraction of sp³-hybridized carbons (Fsp3) is 0.250. The second-order valence-corrected chi connectivity index (χ2v) is 3.41. The van der Waals surface area contributed by atoms with E-state index in [1.54, 1.807) is 19.2 Å². The van der Waals surface area contributed by atoms with Gasteiger partial charge in [-0.1, -0.05) is 0 Å². The van der Waals surface area contributed by atoms with E-state index < -0.39 is 0 Å². The molecular weight excluding hydrogens is 222 g/mol. The number of nitrogens with zero attached hydrogens (tertiary/aromatic N) is 1. The average molecular weight is 235 g/mol. The van der Waals surface area contributed by atoms with Crippen molar-refractivity contribution in [1.82, 2.24) is 4.98 Å². The molecule has 0 saturated carbocycles. The molecule has 1 heterocycles. The second kappa shape index (κ2) is 4.37. The van der Waals surface area contributed by atoms with E-state index in [-0.39, 0.29) is 5.75 Å². The minimum atomic E-state index is 0.0722. The van der Waals surface area contributed by atoms with E-state index in [0.29, 0.717) is 28.2 Å². The Kier molecular flexibility index (Phi) is 2.91. The molecule has 0 unspecified atom stereocenters. The first kappa shape index (κ1) is 11.3. The van der Waals surface area contributed by atoms with E-state index in [1.165, 1.54) is 20.4 Å². The van der Waals surface area contributed by atoms with Crippen LogP contribution in [0.25, 0.3) is 10.9 Å². The van der Waals surface area contributed by atoms with E-state index in [9.17, 15) is 5.11 Å². The Morgan fingerprint density at radius 3 is 2.29 bits per heavy atom. The van der Waals surface area contributed by atoms with Crippen LogP contribution >= 0.6 is 0 Å². The van der Waals surface area contributed by atoms with Crippen LogP contribution < -0.4 is 14.2 Å². The summed E-state index contributed by atoms with van der Waals surface area (Å²) in [6.45, 7) is 0. The molecule has 90 valence electrons. The molecule has 2 aromatic rings. The maximum Gasteiger partial charge on any atom is 0.204 e. The number of hydrogen-bond acceptors (Lipinski definition) is 5. The lowest BCUT2D eigenvalue weighted by Gasteiger charge is -2.14. The number of rotatable bonds is 3. The second-order valence-electron chi connectivity index (χ2n) is 3.41. The van der Waals surface area contributed by atoms with Crippen molar-refractivity contribution in [3.8, 4) is 23.0 Å². The molecule has 5 nitrogen and oxygen atoms in total. The third-order valence-electron chi connectivity index (χ3n) is 2.47. The first-order chi connectivity index (χ1) is 8.21. The van der Waals surface area contributed by atoms with Gasteiger partial charge >= 0.3 is 0 Å². The first-order valence-corrected chi connectivity index (χ1v) is 4.99. The standard InChI is InChI=1S/C12H13NO4/c1-15-10-5-9-8(4-7(14)6-13-9)11(16-2)12(10)17-3/h4-6,14H,1-3H3. The van der Waals surface area contributed by atoms with Crippen molar-refractivity contribution in [3.63, 3.8) is 0 Å². The van der Waals surface area contributed by atoms with Crippen LogP contribution in [-0.2, 0) is 0 Å². The molecule has 0 aliphatic heterocycles. The molecule has 1 aromatic heterocycles. The third-order valence-corrected chi connectivity index (χ3v) is 2.47. The minimum absolute atomic E-state index is 0.0722. The maximum atomic E-state index is 9.45. The molecule has 0 saturated heterocycles. The number of ether oxygens (including phenoxy) is 3. The molecule has 0 radical (unpaired) electrons. The van der Waals surface area contributed by atoms with Crippen molar-refractivity contribution in [2.75, 3.05) is 21.3 Å². The van der Waals surface area contributed by atoms with Crippen LogP contribution in [0.3, 0.4) is 0 Å². The van der Waals surface area contributed by atoms with Crippen molar-refractivity contribution < 1.29 is 19.3 Å². The minimum Gasteiger partial charge on any atom is -0.506 e. The Balaban J connectivity index is 2.84. The van der Waals surface area contributed by atoms with Crippen molar-refractivity contribution >= 4 is 10.9 Å². The molecule has 1 aromatic carbocycles.